The van der Waals surface area contributed by atoms with Crippen LogP contribution in [0.3, 0.4) is 0 Å². The molecule has 0 amide bonds. The normalized spacial score (nSPS) is 12.3. The van der Waals surface area contributed by atoms with Gasteiger partial charge in [0.15, 0.2) is 0 Å². The van der Waals surface area contributed by atoms with Crippen molar-refractivity contribution in [3.63, 3.8) is 0 Å². The second kappa shape index (κ2) is 36.9. The molecule has 0 bridgehead atoms. The summed E-state index contributed by atoms with van der Waals surface area (Å²) in [5.74, 6) is -1.48. The molecule has 0 saturated carbocycles. The Morgan fingerprint density at radius 2 is 0.725 bits per heavy atom. The van der Waals surface area contributed by atoms with E-state index >= 15 is 0 Å². The van der Waals surface area contributed by atoms with Gasteiger partial charge in [0.25, 0.3) is 0 Å². The molecule has 6 heteroatoms. The van der Waals surface area contributed by atoms with Gasteiger partial charge in [-0.1, -0.05) is 195 Å². The highest BCUT2D eigenvalue weighted by Gasteiger charge is 2.35. The van der Waals surface area contributed by atoms with Crippen molar-refractivity contribution < 1.29 is 23.9 Å². The van der Waals surface area contributed by atoms with Gasteiger partial charge in [0, 0.05) is 12.8 Å². The first kappa shape index (κ1) is 49.6. The lowest BCUT2D eigenvalue weighted by atomic mass is 9.84. The first-order valence-electron chi connectivity index (χ1n) is 22.6. The molecule has 2 N–H and O–H groups in total. The highest BCUT2D eigenvalue weighted by atomic mass is 16.6. The van der Waals surface area contributed by atoms with Gasteiger partial charge in [0.1, 0.15) is 11.6 Å². The van der Waals surface area contributed by atoms with Crippen LogP contribution in [0.15, 0.2) is 0 Å². The number of carbonyl (C=O) groups is 3. The third-order valence-corrected chi connectivity index (χ3v) is 10.7. The molecule has 0 unspecified atom stereocenters. The van der Waals surface area contributed by atoms with Gasteiger partial charge in [-0.25, -0.2) is 0 Å². The van der Waals surface area contributed by atoms with Crippen molar-refractivity contribution in [1.29, 1.82) is 0 Å². The lowest BCUT2D eigenvalue weighted by Gasteiger charge is -2.35. The Labute approximate surface area is 317 Å². The number of nitrogens with two attached hydrogens (primary N) is 1. The van der Waals surface area contributed by atoms with Crippen molar-refractivity contribution >= 4 is 17.9 Å². The van der Waals surface area contributed by atoms with Gasteiger partial charge in [0.2, 0.25) is 0 Å². The molecule has 51 heavy (non-hydrogen) atoms. The predicted molar refractivity (Wildman–Crippen MR) is 217 cm³/mol. The molecule has 0 aliphatic heterocycles. The first-order valence-corrected chi connectivity index (χ1v) is 22.6. The van der Waals surface area contributed by atoms with Crippen LogP contribution in [0.5, 0.6) is 0 Å². The summed E-state index contributed by atoms with van der Waals surface area (Å²) in [6, 6.07) is -0.901. The van der Waals surface area contributed by atoms with Crippen LogP contribution >= 0.6 is 0 Å². The maximum atomic E-state index is 13.5. The second-order valence-electron chi connectivity index (χ2n) is 15.8. The summed E-state index contributed by atoms with van der Waals surface area (Å²) >= 11 is 0. The Morgan fingerprint density at radius 3 is 1.08 bits per heavy atom. The summed E-state index contributed by atoms with van der Waals surface area (Å²) in [4.78, 5) is 38.3. The van der Waals surface area contributed by atoms with Crippen LogP contribution in [-0.2, 0) is 23.9 Å². The molecule has 6 nitrogen and oxygen atoms in total. The molecule has 0 aromatic rings. The lowest BCUT2D eigenvalue weighted by molar-refractivity contribution is -0.165. The molecule has 0 rings (SSSR count). The second-order valence-corrected chi connectivity index (χ2v) is 15.8. The van der Waals surface area contributed by atoms with Gasteiger partial charge in [0.05, 0.1) is 0 Å². The summed E-state index contributed by atoms with van der Waals surface area (Å²) in [6.07, 6.45) is 39.3. The summed E-state index contributed by atoms with van der Waals surface area (Å²) in [5.41, 5.74) is 5.88. The van der Waals surface area contributed by atoms with E-state index in [2.05, 4.69) is 27.7 Å². The summed E-state index contributed by atoms with van der Waals surface area (Å²) < 4.78 is 11.5. The number of esters is 3. The van der Waals surface area contributed by atoms with Crippen LogP contribution in [0, 0.1) is 0 Å². The van der Waals surface area contributed by atoms with E-state index in [-0.39, 0.29) is 19.3 Å². The van der Waals surface area contributed by atoms with E-state index in [0.29, 0.717) is 0 Å². The Bertz CT molecular complexity index is 783. The Kier molecular flexibility index (Phi) is 35.9. The molecule has 302 valence electrons. The van der Waals surface area contributed by atoms with E-state index in [1.54, 1.807) is 0 Å². The SMILES string of the molecule is CCCCCCCCCCCC(=O)OC(=O)CC[C@H](N)C(=O)OC(CCCCCCCC)(CCCCCCCC)CCCCCCCCCCC. The van der Waals surface area contributed by atoms with Crippen molar-refractivity contribution in [3.8, 4) is 0 Å². The topological polar surface area (TPSA) is 95.7 Å². The van der Waals surface area contributed by atoms with Crippen molar-refractivity contribution in [2.24, 2.45) is 5.73 Å². The minimum atomic E-state index is -0.901. The van der Waals surface area contributed by atoms with Crippen molar-refractivity contribution in [1.82, 2.24) is 0 Å². The smallest absolute Gasteiger partial charge is 0.323 e. The number of ether oxygens (including phenoxy) is 2. The van der Waals surface area contributed by atoms with E-state index in [1.807, 2.05) is 0 Å². The van der Waals surface area contributed by atoms with Gasteiger partial charge < -0.3 is 15.2 Å². The molecule has 0 radical (unpaired) electrons. The molecular weight excluding hydrogens is 634 g/mol. The molecular formula is C45H87NO5. The molecule has 0 aliphatic carbocycles. The number of hydrogen-bond acceptors (Lipinski definition) is 6. The number of hydrogen-bond donors (Lipinski definition) is 1. The van der Waals surface area contributed by atoms with Crippen LogP contribution in [0.4, 0.5) is 0 Å². The third-order valence-electron chi connectivity index (χ3n) is 10.7. The Balaban J connectivity index is 5.06. The maximum absolute atomic E-state index is 13.5. The van der Waals surface area contributed by atoms with Gasteiger partial charge in [-0.15, -0.1) is 0 Å². The maximum Gasteiger partial charge on any atom is 0.323 e. The van der Waals surface area contributed by atoms with Crippen LogP contribution in [0.2, 0.25) is 0 Å². The van der Waals surface area contributed by atoms with Crippen LogP contribution < -0.4 is 5.73 Å². The standard InChI is InChI=1S/C45H87NO5/c1-5-9-13-17-21-23-25-27-31-35-42(47)50-43(48)37-36-41(46)44(49)51-45(38-32-28-19-15-11-7-3,39-33-29-20-16-12-8-4)40-34-30-26-24-22-18-14-10-6-2/h41H,5-40,46H2,1-4H3/t41-/m0/s1. The van der Waals surface area contributed by atoms with Gasteiger partial charge in [-0.3, -0.25) is 14.4 Å². The van der Waals surface area contributed by atoms with Gasteiger partial charge in [-0.05, 0) is 51.4 Å². The van der Waals surface area contributed by atoms with Gasteiger partial charge >= 0.3 is 17.9 Å². The fraction of sp³-hybridized carbons (Fsp3) is 0.933. The number of carbonyl (C=O) groups excluding carboxylic acids is 3. The Hall–Kier alpha value is -1.43. The number of unbranched alkanes of at least 4 members (excludes halogenated alkanes) is 26. The van der Waals surface area contributed by atoms with Crippen molar-refractivity contribution in [2.75, 3.05) is 0 Å². The van der Waals surface area contributed by atoms with Crippen molar-refractivity contribution in [3.05, 3.63) is 0 Å². The zero-order valence-corrected chi connectivity index (χ0v) is 34.7. The molecule has 1 atom stereocenters. The molecule has 0 heterocycles. The van der Waals surface area contributed by atoms with E-state index in [1.165, 1.54) is 154 Å². The Morgan fingerprint density at radius 1 is 0.431 bits per heavy atom. The molecule has 0 saturated heterocycles. The zero-order chi connectivity index (χ0) is 37.7. The first-order chi connectivity index (χ1) is 24.8. The summed E-state index contributed by atoms with van der Waals surface area (Å²) in [6.45, 7) is 8.98. The predicted octanol–water partition coefficient (Wildman–Crippen LogP) is 13.8. The summed E-state index contributed by atoms with van der Waals surface area (Å²) in [7, 11) is 0. The van der Waals surface area contributed by atoms with E-state index in [4.69, 9.17) is 15.2 Å². The average molecular weight is 722 g/mol. The average Bonchev–Trinajstić information content (AvgIpc) is 3.12. The quantitative estimate of drug-likeness (QED) is 0.0386. The van der Waals surface area contributed by atoms with Crippen LogP contribution in [0.1, 0.15) is 259 Å². The van der Waals surface area contributed by atoms with E-state index < -0.39 is 29.6 Å². The molecule has 0 spiro atoms. The highest BCUT2D eigenvalue weighted by Crippen LogP contribution is 2.34. The highest BCUT2D eigenvalue weighted by molar-refractivity contribution is 5.86. The van der Waals surface area contributed by atoms with Crippen molar-refractivity contribution in [2.45, 2.75) is 270 Å². The minimum absolute atomic E-state index is 0.0557. The van der Waals surface area contributed by atoms with Gasteiger partial charge in [-0.2, -0.15) is 0 Å². The largest absolute Gasteiger partial charge is 0.458 e. The fourth-order valence-electron chi connectivity index (χ4n) is 7.23. The monoisotopic (exact) mass is 722 g/mol. The zero-order valence-electron chi connectivity index (χ0n) is 34.7. The molecule has 0 aliphatic rings. The minimum Gasteiger partial charge on any atom is -0.458 e. The fourth-order valence-corrected chi connectivity index (χ4v) is 7.23. The molecule has 0 aromatic carbocycles. The lowest BCUT2D eigenvalue weighted by Crippen LogP contribution is -2.42. The molecule has 0 fully saturated rings. The van der Waals surface area contributed by atoms with Crippen LogP contribution in [0.25, 0.3) is 0 Å². The molecule has 0 aromatic heterocycles. The third kappa shape index (κ3) is 31.8. The van der Waals surface area contributed by atoms with E-state index in [0.717, 1.165) is 57.8 Å². The number of rotatable bonds is 39. The van der Waals surface area contributed by atoms with E-state index in [9.17, 15) is 14.4 Å². The summed E-state index contributed by atoms with van der Waals surface area (Å²) in [5, 5.41) is 0. The van der Waals surface area contributed by atoms with Crippen LogP contribution in [-0.4, -0.2) is 29.6 Å².